The molecule has 61 heavy (non-hydrogen) atoms. The van der Waals surface area contributed by atoms with Gasteiger partial charge in [-0.3, -0.25) is 0 Å². The van der Waals surface area contributed by atoms with Crippen LogP contribution in [0.1, 0.15) is 0 Å². The first-order valence-corrected chi connectivity index (χ1v) is 20.8. The van der Waals surface area contributed by atoms with E-state index in [4.69, 9.17) is 4.42 Å². The highest BCUT2D eigenvalue weighted by Crippen LogP contribution is 2.47. The zero-order valence-electron chi connectivity index (χ0n) is 33.2. The fourth-order valence-electron chi connectivity index (χ4n) is 9.27. The molecule has 2 aromatic heterocycles. The van der Waals surface area contributed by atoms with Crippen molar-refractivity contribution < 1.29 is 4.42 Å². The number of aromatic nitrogens is 1. The van der Waals surface area contributed by atoms with Crippen molar-refractivity contribution in [1.29, 1.82) is 0 Å². The second-order valence-electron chi connectivity index (χ2n) is 15.7. The Morgan fingerprint density at radius 2 is 0.934 bits per heavy atom. The van der Waals surface area contributed by atoms with Crippen molar-refractivity contribution in [2.24, 2.45) is 0 Å². The fraction of sp³-hybridized carbons (Fsp3) is 0. The third-order valence-electron chi connectivity index (χ3n) is 12.2. The van der Waals surface area contributed by atoms with Crippen LogP contribution in [0.3, 0.4) is 0 Å². The largest absolute Gasteiger partial charge is 0.455 e. The van der Waals surface area contributed by atoms with Crippen molar-refractivity contribution in [3.05, 3.63) is 231 Å². The lowest BCUT2D eigenvalue weighted by atomic mass is 9.97. The molecule has 0 fully saturated rings. The Morgan fingerprint density at radius 3 is 1.66 bits per heavy atom. The average Bonchev–Trinajstić information content (AvgIpc) is 3.89. The molecule has 0 spiro atoms. The molecule has 12 aromatic rings. The van der Waals surface area contributed by atoms with E-state index in [9.17, 15) is 0 Å². The van der Waals surface area contributed by atoms with Gasteiger partial charge in [-0.25, -0.2) is 0 Å². The van der Waals surface area contributed by atoms with Crippen molar-refractivity contribution in [1.82, 2.24) is 4.57 Å². The van der Waals surface area contributed by atoms with Crippen LogP contribution in [0.25, 0.3) is 93.6 Å². The second-order valence-corrected chi connectivity index (χ2v) is 15.7. The molecule has 0 aliphatic carbocycles. The van der Waals surface area contributed by atoms with Gasteiger partial charge in [-0.1, -0.05) is 164 Å². The number of fused-ring (bicyclic) bond motifs is 7. The molecule has 286 valence electrons. The normalized spacial score (nSPS) is 11.6. The quantitative estimate of drug-likeness (QED) is 0.161. The predicted octanol–water partition coefficient (Wildman–Crippen LogP) is 16.3. The zero-order valence-corrected chi connectivity index (χ0v) is 33.2. The number of nitrogens with zero attached hydrogens (tertiary/aromatic N) is 2. The predicted molar refractivity (Wildman–Crippen MR) is 257 cm³/mol. The van der Waals surface area contributed by atoms with E-state index in [1.165, 1.54) is 49.3 Å². The number of hydrogen-bond donors (Lipinski definition) is 0. The van der Waals surface area contributed by atoms with Crippen LogP contribution in [-0.4, -0.2) is 4.57 Å². The minimum Gasteiger partial charge on any atom is -0.455 e. The molecule has 0 amide bonds. The minimum absolute atomic E-state index is 0.861. The summed E-state index contributed by atoms with van der Waals surface area (Å²) in [6, 6.07) is 82.9. The summed E-state index contributed by atoms with van der Waals surface area (Å²) in [5.74, 6) is 0. The molecule has 2 heterocycles. The Balaban J connectivity index is 1.06. The maximum atomic E-state index is 6.88. The van der Waals surface area contributed by atoms with Crippen LogP contribution in [-0.2, 0) is 0 Å². The minimum atomic E-state index is 0.861. The van der Waals surface area contributed by atoms with E-state index in [-0.39, 0.29) is 0 Å². The smallest absolute Gasteiger partial charge is 0.145 e. The van der Waals surface area contributed by atoms with Crippen molar-refractivity contribution in [2.45, 2.75) is 0 Å². The molecule has 0 unspecified atom stereocenters. The van der Waals surface area contributed by atoms with E-state index in [0.29, 0.717) is 0 Å². The lowest BCUT2D eigenvalue weighted by molar-refractivity contribution is 0.670. The monoisotopic (exact) mass is 778 g/mol. The van der Waals surface area contributed by atoms with Gasteiger partial charge in [0.25, 0.3) is 0 Å². The lowest BCUT2D eigenvalue weighted by Crippen LogP contribution is -2.11. The standard InChI is InChI=1S/C58H38N2O/c1-2-13-39(14-3-1)41-25-27-42(28-26-41)43-31-33-46(34-32-43)59(47-17-12-18-48(38-47)60-53-22-9-6-19-50(53)51-20-7-10-23-54(51)60)55-36-35-49(45-30-29-40-15-4-5-16-44(40)37-45)58-57(55)52-21-8-11-24-56(52)61-58/h1-38H. The topological polar surface area (TPSA) is 21.3 Å². The van der Waals surface area contributed by atoms with E-state index < -0.39 is 0 Å². The molecule has 12 rings (SSSR count). The van der Waals surface area contributed by atoms with Crippen LogP contribution in [0.15, 0.2) is 235 Å². The Morgan fingerprint density at radius 1 is 0.361 bits per heavy atom. The molecular weight excluding hydrogens is 741 g/mol. The van der Waals surface area contributed by atoms with Crippen LogP contribution in [0.2, 0.25) is 0 Å². The third kappa shape index (κ3) is 5.90. The summed E-state index contributed by atoms with van der Waals surface area (Å²) >= 11 is 0. The number of para-hydroxylation sites is 3. The van der Waals surface area contributed by atoms with Gasteiger partial charge >= 0.3 is 0 Å². The van der Waals surface area contributed by atoms with Crippen molar-refractivity contribution in [2.75, 3.05) is 4.90 Å². The Hall–Kier alpha value is -8.14. The van der Waals surface area contributed by atoms with Gasteiger partial charge in [0.05, 0.1) is 22.1 Å². The highest BCUT2D eigenvalue weighted by molar-refractivity contribution is 6.17. The Bertz CT molecular complexity index is 3520. The van der Waals surface area contributed by atoms with Gasteiger partial charge in [-0.15, -0.1) is 0 Å². The molecule has 0 atom stereocenters. The van der Waals surface area contributed by atoms with Gasteiger partial charge < -0.3 is 13.9 Å². The molecule has 10 aromatic carbocycles. The fourth-order valence-corrected chi connectivity index (χ4v) is 9.27. The summed E-state index contributed by atoms with van der Waals surface area (Å²) in [7, 11) is 0. The van der Waals surface area contributed by atoms with E-state index in [2.05, 4.69) is 240 Å². The zero-order chi connectivity index (χ0) is 40.3. The molecule has 0 N–H and O–H groups in total. The van der Waals surface area contributed by atoms with E-state index in [1.807, 2.05) is 0 Å². The first-order chi connectivity index (χ1) is 30.2. The first-order valence-electron chi connectivity index (χ1n) is 20.8. The SMILES string of the molecule is c1ccc(-c2ccc(-c3ccc(N(c4cccc(-n5c6ccccc6c6ccccc65)c4)c4ccc(-c5ccc6ccccc6c5)c5oc6ccccc6c45)cc3)cc2)cc1. The average molecular weight is 779 g/mol. The van der Waals surface area contributed by atoms with Gasteiger partial charge in [-0.2, -0.15) is 0 Å². The molecule has 0 aliphatic rings. The van der Waals surface area contributed by atoms with Crippen LogP contribution >= 0.6 is 0 Å². The molecule has 3 nitrogen and oxygen atoms in total. The molecular formula is C58H38N2O. The van der Waals surface area contributed by atoms with Gasteiger partial charge in [0.1, 0.15) is 11.2 Å². The third-order valence-corrected chi connectivity index (χ3v) is 12.2. The van der Waals surface area contributed by atoms with Crippen molar-refractivity contribution in [3.63, 3.8) is 0 Å². The van der Waals surface area contributed by atoms with Crippen LogP contribution < -0.4 is 4.90 Å². The number of benzene rings is 10. The Kier molecular flexibility index (Phi) is 8.17. The highest BCUT2D eigenvalue weighted by atomic mass is 16.3. The maximum absolute atomic E-state index is 6.88. The maximum Gasteiger partial charge on any atom is 0.145 e. The highest BCUT2D eigenvalue weighted by Gasteiger charge is 2.23. The van der Waals surface area contributed by atoms with E-state index in [1.54, 1.807) is 0 Å². The van der Waals surface area contributed by atoms with Crippen LogP contribution in [0.4, 0.5) is 17.1 Å². The lowest BCUT2D eigenvalue weighted by Gasteiger charge is -2.27. The van der Waals surface area contributed by atoms with Crippen molar-refractivity contribution >= 4 is 71.6 Å². The number of anilines is 3. The van der Waals surface area contributed by atoms with Gasteiger partial charge in [0, 0.05) is 38.8 Å². The summed E-state index contributed by atoms with van der Waals surface area (Å²) in [5, 5.41) is 7.05. The van der Waals surface area contributed by atoms with Crippen LogP contribution in [0, 0.1) is 0 Å². The number of rotatable bonds is 7. The van der Waals surface area contributed by atoms with Gasteiger partial charge in [0.2, 0.25) is 0 Å². The molecule has 3 heteroatoms. The van der Waals surface area contributed by atoms with E-state index in [0.717, 1.165) is 61.4 Å². The summed E-state index contributed by atoms with van der Waals surface area (Å²) in [5.41, 5.74) is 15.3. The summed E-state index contributed by atoms with van der Waals surface area (Å²) in [4.78, 5) is 2.40. The summed E-state index contributed by atoms with van der Waals surface area (Å²) < 4.78 is 9.27. The Labute approximate surface area is 353 Å². The summed E-state index contributed by atoms with van der Waals surface area (Å²) in [6.45, 7) is 0. The first kappa shape index (κ1) is 34.9. The van der Waals surface area contributed by atoms with Gasteiger partial charge in [0.15, 0.2) is 0 Å². The van der Waals surface area contributed by atoms with Crippen LogP contribution in [0.5, 0.6) is 0 Å². The molecule has 0 aliphatic heterocycles. The van der Waals surface area contributed by atoms with E-state index >= 15 is 0 Å². The second kappa shape index (κ2) is 14.3. The summed E-state index contributed by atoms with van der Waals surface area (Å²) in [6.07, 6.45) is 0. The molecule has 0 bridgehead atoms. The van der Waals surface area contributed by atoms with Gasteiger partial charge in [-0.05, 0) is 105 Å². The molecule has 0 saturated heterocycles. The molecule has 0 saturated carbocycles. The number of hydrogen-bond acceptors (Lipinski definition) is 2. The number of furan rings is 1. The molecule has 0 radical (unpaired) electrons. The van der Waals surface area contributed by atoms with Crippen molar-refractivity contribution in [3.8, 4) is 39.1 Å².